The van der Waals surface area contributed by atoms with Crippen molar-refractivity contribution in [1.29, 1.82) is 0 Å². The minimum atomic E-state index is 1.22. The van der Waals surface area contributed by atoms with Crippen LogP contribution in [0.15, 0.2) is 18.2 Å². The molecule has 0 aliphatic heterocycles. The molecule has 0 aliphatic carbocycles. The molecule has 58 valence electrons. The third-order valence-corrected chi connectivity index (χ3v) is 2.02. The van der Waals surface area contributed by atoms with Gasteiger partial charge < -0.3 is 0 Å². The molecule has 0 aliphatic rings. The summed E-state index contributed by atoms with van der Waals surface area (Å²) in [5.41, 5.74) is 4.31. The van der Waals surface area contributed by atoms with Gasteiger partial charge in [0.15, 0.2) is 0 Å². The lowest BCUT2D eigenvalue weighted by Crippen LogP contribution is -1.94. The van der Waals surface area contributed by atoms with Crippen LogP contribution < -0.4 is 0 Å². The first-order valence-electron chi connectivity index (χ1n) is 4.30. The Morgan fingerprint density at radius 2 is 2.00 bits per heavy atom. The minimum Gasteiger partial charge on any atom is -0.0891 e. The first-order chi connectivity index (χ1) is 5.24. The lowest BCUT2D eigenvalue weighted by Gasteiger charge is -2.03. The fraction of sp³-hybridized carbons (Fsp3) is 0.400. The molecule has 0 saturated carbocycles. The van der Waals surface area contributed by atoms with E-state index in [0.29, 0.717) is 0 Å². The fourth-order valence-corrected chi connectivity index (χ4v) is 1.34. The Labute approximate surface area is 69.9 Å². The van der Waals surface area contributed by atoms with Crippen LogP contribution in [0.3, 0.4) is 0 Å². The van der Waals surface area contributed by atoms with Gasteiger partial charge >= 0.3 is 0 Å². The Bertz CT molecular complexity index is 241. The summed E-state index contributed by atoms with van der Waals surface area (Å²) >= 11 is 0. The largest absolute Gasteiger partial charge is 0.122 e. The molecule has 0 spiro atoms. The van der Waals surface area contributed by atoms with E-state index in [4.69, 9.17) is 0 Å². The van der Waals surface area contributed by atoms with Crippen molar-refractivity contribution in [1.82, 2.24) is 0 Å². The highest BCUT2D eigenvalue weighted by molar-refractivity contribution is 6.32. The highest BCUT2D eigenvalue weighted by Gasteiger charge is 1.96. The van der Waals surface area contributed by atoms with E-state index in [2.05, 4.69) is 38.9 Å². The second kappa shape index (κ2) is 3.61. The predicted octanol–water partition coefficient (Wildman–Crippen LogP) is 2.29. The maximum Gasteiger partial charge on any atom is 0.122 e. The molecule has 0 N–H and O–H groups in total. The first-order valence-corrected chi connectivity index (χ1v) is 4.30. The van der Waals surface area contributed by atoms with Crippen molar-refractivity contribution in [2.24, 2.45) is 0 Å². The molecular weight excluding hydrogens is 131 g/mol. The van der Waals surface area contributed by atoms with Crippen LogP contribution in [0.1, 0.15) is 16.7 Å². The SMILES string of the molecule is CBCc1cc(C)ccc1C. The molecule has 0 radical (unpaired) electrons. The van der Waals surface area contributed by atoms with Crippen LogP contribution in [-0.2, 0) is 6.32 Å². The molecule has 0 nitrogen and oxygen atoms in total. The van der Waals surface area contributed by atoms with Gasteiger partial charge in [-0.05, 0) is 19.4 Å². The topological polar surface area (TPSA) is 0 Å². The molecule has 0 amide bonds. The van der Waals surface area contributed by atoms with Crippen molar-refractivity contribution >= 4 is 7.28 Å². The van der Waals surface area contributed by atoms with E-state index in [9.17, 15) is 0 Å². The summed E-state index contributed by atoms with van der Waals surface area (Å²) < 4.78 is 0. The molecule has 1 heteroatoms. The fourth-order valence-electron chi connectivity index (χ4n) is 1.34. The van der Waals surface area contributed by atoms with Gasteiger partial charge in [-0.25, -0.2) is 0 Å². The summed E-state index contributed by atoms with van der Waals surface area (Å²) in [6.45, 7) is 6.56. The van der Waals surface area contributed by atoms with Gasteiger partial charge in [-0.2, -0.15) is 0 Å². The van der Waals surface area contributed by atoms with Crippen LogP contribution in [0.4, 0.5) is 0 Å². The van der Waals surface area contributed by atoms with Crippen LogP contribution >= 0.6 is 0 Å². The average molecular weight is 146 g/mol. The summed E-state index contributed by atoms with van der Waals surface area (Å²) in [5.74, 6) is 0. The Hall–Kier alpha value is -0.715. The molecule has 0 heterocycles. The van der Waals surface area contributed by atoms with E-state index in [-0.39, 0.29) is 0 Å². The van der Waals surface area contributed by atoms with Crippen LogP contribution in [0.5, 0.6) is 0 Å². The molecule has 11 heavy (non-hydrogen) atoms. The van der Waals surface area contributed by atoms with Crippen molar-refractivity contribution < 1.29 is 0 Å². The van der Waals surface area contributed by atoms with Crippen LogP contribution in [-0.4, -0.2) is 7.28 Å². The molecule has 1 aromatic carbocycles. The van der Waals surface area contributed by atoms with Gasteiger partial charge in [0.2, 0.25) is 0 Å². The van der Waals surface area contributed by atoms with Gasteiger partial charge in [-0.15, -0.1) is 0 Å². The number of hydrogen-bond acceptors (Lipinski definition) is 0. The van der Waals surface area contributed by atoms with E-state index < -0.39 is 0 Å². The molecule has 1 rings (SSSR count). The van der Waals surface area contributed by atoms with Gasteiger partial charge in [-0.3, -0.25) is 0 Å². The molecule has 0 fully saturated rings. The van der Waals surface area contributed by atoms with Crippen LogP contribution in [0.2, 0.25) is 6.82 Å². The predicted molar refractivity (Wildman–Crippen MR) is 52.6 cm³/mol. The summed E-state index contributed by atoms with van der Waals surface area (Å²) in [7, 11) is 1.24. The highest BCUT2D eigenvalue weighted by atomic mass is 14.0. The minimum absolute atomic E-state index is 1.22. The van der Waals surface area contributed by atoms with Crippen molar-refractivity contribution in [2.75, 3.05) is 0 Å². The van der Waals surface area contributed by atoms with E-state index in [1.807, 2.05) is 0 Å². The van der Waals surface area contributed by atoms with Crippen molar-refractivity contribution in [3.05, 3.63) is 34.9 Å². The lowest BCUT2D eigenvalue weighted by molar-refractivity contribution is 1.26. The zero-order valence-electron chi connectivity index (χ0n) is 7.65. The van der Waals surface area contributed by atoms with Crippen molar-refractivity contribution in [3.8, 4) is 0 Å². The molecule has 0 bridgehead atoms. The standard InChI is InChI=1S/C10H15B/c1-8-4-5-9(2)10(6-8)7-11-3/h4-6,11H,7H2,1-3H3. The molecule has 0 unspecified atom stereocenters. The molecule has 1 aromatic rings. The first kappa shape index (κ1) is 8.38. The Balaban J connectivity index is 2.93. The smallest absolute Gasteiger partial charge is 0.0891 e. The molecule has 0 saturated heterocycles. The Morgan fingerprint density at radius 3 is 2.64 bits per heavy atom. The van der Waals surface area contributed by atoms with Gasteiger partial charge in [0.1, 0.15) is 7.28 Å². The maximum absolute atomic E-state index is 2.29. The highest BCUT2D eigenvalue weighted by Crippen LogP contribution is 2.10. The van der Waals surface area contributed by atoms with Crippen LogP contribution in [0.25, 0.3) is 0 Å². The number of benzene rings is 1. The normalized spacial score (nSPS) is 9.73. The van der Waals surface area contributed by atoms with E-state index >= 15 is 0 Å². The summed E-state index contributed by atoms with van der Waals surface area (Å²) in [6.07, 6.45) is 1.22. The Kier molecular flexibility index (Phi) is 2.75. The number of hydrogen-bond donors (Lipinski definition) is 0. The summed E-state index contributed by atoms with van der Waals surface area (Å²) in [6, 6.07) is 6.67. The lowest BCUT2D eigenvalue weighted by atomic mass is 9.74. The summed E-state index contributed by atoms with van der Waals surface area (Å²) in [5, 5.41) is 0. The van der Waals surface area contributed by atoms with Gasteiger partial charge in [0.25, 0.3) is 0 Å². The number of rotatable bonds is 2. The zero-order valence-corrected chi connectivity index (χ0v) is 7.65. The third kappa shape index (κ3) is 2.11. The zero-order chi connectivity index (χ0) is 8.27. The number of aryl methyl sites for hydroxylation is 2. The molecule has 0 atom stereocenters. The summed E-state index contributed by atoms with van der Waals surface area (Å²) in [4.78, 5) is 0. The monoisotopic (exact) mass is 146 g/mol. The Morgan fingerprint density at radius 1 is 1.27 bits per heavy atom. The second-order valence-electron chi connectivity index (χ2n) is 3.18. The van der Waals surface area contributed by atoms with Gasteiger partial charge in [0.05, 0.1) is 0 Å². The second-order valence-corrected chi connectivity index (χ2v) is 3.18. The third-order valence-electron chi connectivity index (χ3n) is 2.02. The van der Waals surface area contributed by atoms with Crippen molar-refractivity contribution in [3.63, 3.8) is 0 Å². The molecule has 0 aromatic heterocycles. The van der Waals surface area contributed by atoms with Gasteiger partial charge in [-0.1, -0.05) is 42.5 Å². The van der Waals surface area contributed by atoms with E-state index in [0.717, 1.165) is 0 Å². The van der Waals surface area contributed by atoms with E-state index in [1.54, 1.807) is 0 Å². The van der Waals surface area contributed by atoms with E-state index in [1.165, 1.54) is 30.3 Å². The van der Waals surface area contributed by atoms with Gasteiger partial charge in [0, 0.05) is 0 Å². The maximum atomic E-state index is 2.29. The van der Waals surface area contributed by atoms with Crippen LogP contribution in [0, 0.1) is 13.8 Å². The molecular formula is C10H15B. The quantitative estimate of drug-likeness (QED) is 0.561. The van der Waals surface area contributed by atoms with Crippen molar-refractivity contribution in [2.45, 2.75) is 27.0 Å². The average Bonchev–Trinajstić information content (AvgIpc) is 1.98.